The third-order valence-corrected chi connectivity index (χ3v) is 15.5. The fourth-order valence-electron chi connectivity index (χ4n) is 4.93. The topological polar surface area (TPSA) is 203 Å². The molecule has 512 valence electrons. The van der Waals surface area contributed by atoms with E-state index in [0.717, 1.165) is 58.7 Å². The van der Waals surface area contributed by atoms with Crippen LogP contribution in [0.1, 0.15) is 245 Å². The number of hydrogen-bond acceptors (Lipinski definition) is 15. The van der Waals surface area contributed by atoms with Gasteiger partial charge in [0.15, 0.2) is 0 Å². The second-order valence-electron chi connectivity index (χ2n) is 16.6. The molecule has 0 bridgehead atoms. The number of ketones is 2. The fraction of sp³-hybridized carbons (Fsp3) is 0.577. The number of thiol groups is 1. The third-order valence-electron chi connectivity index (χ3n) is 10.9. The van der Waals surface area contributed by atoms with Crippen molar-refractivity contribution >= 4 is 92.5 Å². The first-order valence-corrected chi connectivity index (χ1v) is 31.6. The number of carboxylic acid groups (broad SMARTS) is 1. The maximum Gasteiger partial charge on any atom is 0.387 e. The number of ether oxygens (including phenoxy) is 2. The summed E-state index contributed by atoms with van der Waals surface area (Å²) in [5.74, 6) is 10.1. The molecule has 0 aromatic carbocycles. The van der Waals surface area contributed by atoms with Gasteiger partial charge in [-0.3, -0.25) is 4.79 Å². The Hall–Kier alpha value is -6.01. The van der Waals surface area contributed by atoms with E-state index in [9.17, 15) is 24.0 Å². The molecule has 0 atom stereocenters. The van der Waals surface area contributed by atoms with E-state index in [4.69, 9.17) is 34.4 Å². The molecule has 0 saturated heterocycles. The molecule has 4 aromatic heterocycles. The van der Waals surface area contributed by atoms with E-state index in [1.165, 1.54) is 61.6 Å². The average Bonchev–Trinajstić information content (AvgIpc) is 4.25. The minimum absolute atomic E-state index is 0. The normalized spacial score (nSPS) is 8.31. The van der Waals surface area contributed by atoms with Crippen molar-refractivity contribution in [3.8, 4) is 29.8 Å². The maximum absolute atomic E-state index is 10.6. The summed E-state index contributed by atoms with van der Waals surface area (Å²) in [7, 11) is 0. The molecule has 4 heterocycles. The highest BCUT2D eigenvalue weighted by molar-refractivity contribution is 7.81. The molecule has 0 aliphatic rings. The fourth-order valence-corrected chi connectivity index (χ4v) is 9.07. The summed E-state index contributed by atoms with van der Waals surface area (Å²) in [6, 6.07) is 2.10. The summed E-state index contributed by atoms with van der Waals surface area (Å²) >= 11 is 10.2. The number of carbonyl (C=O) groups excluding carboxylic acids is 4. The van der Waals surface area contributed by atoms with Crippen molar-refractivity contribution in [3.63, 3.8) is 0 Å². The van der Waals surface area contributed by atoms with Crippen molar-refractivity contribution in [2.24, 2.45) is 0 Å². The van der Waals surface area contributed by atoms with Crippen LogP contribution < -0.4 is 5.73 Å². The predicted octanol–water partition coefficient (Wildman–Crippen LogP) is 20.9. The molecular weight excluding hydrogens is 1210 g/mol. The van der Waals surface area contributed by atoms with Gasteiger partial charge in [-0.25, -0.2) is 27.5 Å². The number of hydrogen-bond donors (Lipinski definition) is 4. The van der Waals surface area contributed by atoms with E-state index < -0.39 is 17.9 Å². The van der Waals surface area contributed by atoms with E-state index in [1.54, 1.807) is 43.4 Å². The number of aryl methyl sites for hydroxylation is 5. The predicted molar refractivity (Wildman–Crippen MR) is 400 cm³/mol. The monoisotopic (exact) mass is 1340 g/mol. The molecule has 0 aliphatic carbocycles. The molecule has 0 amide bonds. The van der Waals surface area contributed by atoms with Crippen LogP contribution in [-0.4, -0.2) is 71.7 Å². The number of nitriles is 1. The van der Waals surface area contributed by atoms with Crippen LogP contribution in [0.4, 0.5) is 5.00 Å². The van der Waals surface area contributed by atoms with E-state index >= 15 is 0 Å². The Labute approximate surface area is 567 Å². The largest absolute Gasteiger partial charge is 0.477 e. The molecule has 13 nitrogen and oxygen atoms in total. The van der Waals surface area contributed by atoms with E-state index in [0.29, 0.717) is 36.7 Å². The highest BCUT2D eigenvalue weighted by atomic mass is 32.1. The van der Waals surface area contributed by atoms with Gasteiger partial charge in [0.1, 0.15) is 16.4 Å². The SMILES string of the molecule is C.C.C.C.C.C.CC#CC.CC#CCC.CC/C(C)=C(\C)C#N.CCC(=O)CS.CCC(C)=O.CCc1csc(C(=O)O)c1C.CCc1csc(C)c1C.CCc1csc(CO)c1C.CCc1csc(N)c1C.[C-]#[N+]CC(=O)OCC.[C-]#[N+]CC(=O)OCC. The Morgan fingerprint density at radius 3 is 1.13 bits per heavy atom. The number of nitrogens with zero attached hydrogens (tertiary/aromatic N) is 3. The zero-order valence-electron chi connectivity index (χ0n) is 54.0. The number of nitrogens with two attached hydrogens (primary N) is 1. The van der Waals surface area contributed by atoms with Crippen LogP contribution in [0.3, 0.4) is 0 Å². The van der Waals surface area contributed by atoms with Crippen molar-refractivity contribution < 1.29 is 43.7 Å². The summed E-state index contributed by atoms with van der Waals surface area (Å²) in [4.78, 5) is 59.6. The van der Waals surface area contributed by atoms with E-state index in [2.05, 4.69) is 133 Å². The van der Waals surface area contributed by atoms with Crippen LogP contribution in [0.25, 0.3) is 9.69 Å². The second kappa shape index (κ2) is 80.0. The number of rotatable bonds is 14. The quantitative estimate of drug-likeness (QED) is 0.0307. The number of esters is 2. The smallest absolute Gasteiger partial charge is 0.387 e. The van der Waals surface area contributed by atoms with Gasteiger partial charge in [0, 0.05) is 40.3 Å². The molecule has 4 rings (SSSR count). The lowest BCUT2D eigenvalue weighted by molar-refractivity contribution is -0.141. The Kier molecular flexibility index (Phi) is 102. The van der Waals surface area contributed by atoms with E-state index in [1.807, 2.05) is 86.0 Å². The van der Waals surface area contributed by atoms with Crippen LogP contribution in [0, 0.1) is 82.8 Å². The van der Waals surface area contributed by atoms with E-state index in [-0.39, 0.29) is 75.8 Å². The number of thiophene rings is 4. The number of allylic oxidation sites excluding steroid dienone is 2. The minimum atomic E-state index is -0.813. The number of carbonyl (C=O) groups is 5. The minimum Gasteiger partial charge on any atom is -0.477 e. The number of Topliss-reactive ketones (excluding diaryl/α,β-unsaturated/α-hetero) is 2. The van der Waals surface area contributed by atoms with Gasteiger partial charge in [0.2, 0.25) is 0 Å². The Bertz CT molecular complexity index is 2560. The molecule has 0 fully saturated rings. The lowest BCUT2D eigenvalue weighted by Gasteiger charge is -1.94. The van der Waals surface area contributed by atoms with Gasteiger partial charge in [0.05, 0.1) is 30.9 Å². The van der Waals surface area contributed by atoms with Crippen molar-refractivity contribution in [1.29, 1.82) is 5.26 Å². The number of nitrogen functional groups attached to an aromatic ring is 1. The lowest BCUT2D eigenvalue weighted by atomic mass is 10.1. The molecule has 0 saturated carbocycles. The van der Waals surface area contributed by atoms with Gasteiger partial charge >= 0.3 is 31.0 Å². The van der Waals surface area contributed by atoms with Crippen molar-refractivity contribution in [1.82, 2.24) is 0 Å². The molecule has 4 aromatic rings. The van der Waals surface area contributed by atoms with Crippen molar-refractivity contribution in [2.45, 2.75) is 248 Å². The third kappa shape index (κ3) is 66.2. The number of aliphatic hydroxyl groups is 1. The molecule has 18 heteroatoms. The Balaban J connectivity index is -0.0000000651. The van der Waals surface area contributed by atoms with Gasteiger partial charge in [-0.05, 0) is 188 Å². The standard InChI is InChI=1S/C8H10O2S.C8H12OS.C8H12S.C7H11NS.C7H11N.2C5H7NO2.C5H8.C4H8OS.C4H8O.C4H6.6CH4/c1-3-6-4-11-7(5(6)2)8(9)10;1-3-7-5-10-8(4-9)6(7)2;1-4-8-5-9-7(3)6(8)2;1-3-6-4-9-7(8)5(6)2;1-4-6(2)7(3)5-8;2*1-3-8-5(7)4-6-2;1-3-5-4-2;1-2-4(5)3-6;1-3-4(2)5;1-3-4-2;;;;;;/h4H,3H2,1-2H3,(H,9,10);5,9H,3-4H2,1-2H3;5H,4H2,1-3H3;4H,3,8H2,1-2H3;4H2,1-3H3;2*3-4H2,1H3;3H2,1-2H3;6H,2-3H2,1H3;3H2,1-2H3;1-2H3;6*1H4/b;;;;7-6+;;;;;;;;;;;;. The average molecular weight is 1340 g/mol. The highest BCUT2D eigenvalue weighted by Crippen LogP contribution is 2.25. The first-order chi connectivity index (χ1) is 39.2. The van der Waals surface area contributed by atoms with Crippen LogP contribution in [-0.2, 0) is 60.9 Å². The number of anilines is 1. The molecule has 4 N–H and O–H groups in total. The van der Waals surface area contributed by atoms with Gasteiger partial charge < -0.3 is 39.9 Å². The van der Waals surface area contributed by atoms with Crippen LogP contribution in [0.5, 0.6) is 0 Å². The number of aromatic carboxylic acids is 1. The summed E-state index contributed by atoms with van der Waals surface area (Å²) in [5, 5.41) is 35.2. The molecule has 89 heavy (non-hydrogen) atoms. The first-order valence-electron chi connectivity index (χ1n) is 27.4. The summed E-state index contributed by atoms with van der Waals surface area (Å²) in [5.41, 5.74) is 18.0. The molecule has 0 aliphatic heterocycles. The molecule has 0 unspecified atom stereocenters. The zero-order chi connectivity index (χ0) is 65.9. The molecule has 0 spiro atoms. The van der Waals surface area contributed by atoms with Crippen LogP contribution in [0.15, 0.2) is 32.7 Å². The maximum atomic E-state index is 10.6. The van der Waals surface area contributed by atoms with Gasteiger partial charge in [-0.2, -0.15) is 17.9 Å². The summed E-state index contributed by atoms with van der Waals surface area (Å²) in [6.45, 7) is 54.0. The van der Waals surface area contributed by atoms with Gasteiger partial charge in [-0.1, -0.05) is 106 Å². The zero-order valence-corrected chi connectivity index (χ0v) is 58.1. The molecule has 0 radical (unpaired) electrons. The Morgan fingerprint density at radius 1 is 0.596 bits per heavy atom. The highest BCUT2D eigenvalue weighted by Gasteiger charge is 2.11. The van der Waals surface area contributed by atoms with Crippen molar-refractivity contribution in [3.05, 3.63) is 115 Å². The van der Waals surface area contributed by atoms with Gasteiger partial charge in [-0.15, -0.1) is 69.0 Å². The number of aliphatic hydroxyl groups excluding tert-OH is 1. The van der Waals surface area contributed by atoms with Crippen molar-refractivity contribution in [2.75, 3.05) is 37.8 Å². The first kappa shape index (κ1) is 114. The molecular formula is C71H124N4O9S5. The van der Waals surface area contributed by atoms with Gasteiger partial charge in [0.25, 0.3) is 0 Å². The lowest BCUT2D eigenvalue weighted by Crippen LogP contribution is -2.05. The second-order valence-corrected chi connectivity index (χ2v) is 20.7. The summed E-state index contributed by atoms with van der Waals surface area (Å²) < 4.78 is 8.86. The van der Waals surface area contributed by atoms with Crippen LogP contribution >= 0.6 is 58.0 Å². The summed E-state index contributed by atoms with van der Waals surface area (Å²) in [6.07, 6.45) is 7.51. The Morgan fingerprint density at radius 2 is 0.978 bits per heavy atom. The van der Waals surface area contributed by atoms with Crippen LogP contribution in [0.2, 0.25) is 0 Å². The number of carboxylic acids is 1.